The smallest absolute Gasteiger partial charge is 0.252 e. The van der Waals surface area contributed by atoms with Crippen molar-refractivity contribution in [1.82, 2.24) is 29.6 Å². The molecule has 1 amide bonds. The number of nitrogens with one attached hydrogen (secondary N) is 2. The molecule has 12 heteroatoms. The minimum atomic E-state index is -0.122. The first-order valence-electron chi connectivity index (χ1n) is 11.4. The molecule has 5 aromatic rings. The molecule has 0 saturated carbocycles. The number of aromatic nitrogens is 5. The molecule has 1 saturated heterocycles. The van der Waals surface area contributed by atoms with E-state index in [0.717, 1.165) is 33.0 Å². The molecule has 1 aliphatic rings. The highest BCUT2D eigenvalue weighted by Gasteiger charge is 2.22. The van der Waals surface area contributed by atoms with Crippen molar-refractivity contribution in [2.24, 2.45) is 7.05 Å². The second-order valence-corrected chi connectivity index (χ2v) is 10.3. The predicted molar refractivity (Wildman–Crippen MR) is 139 cm³/mol. The van der Waals surface area contributed by atoms with Gasteiger partial charge in [0.2, 0.25) is 11.8 Å². The molecule has 1 aliphatic heterocycles. The number of aryl methyl sites for hydroxylation is 1. The second kappa shape index (κ2) is 9.72. The molecule has 0 aromatic carbocycles. The zero-order valence-electron chi connectivity index (χ0n) is 19.4. The van der Waals surface area contributed by atoms with E-state index in [0.29, 0.717) is 37.2 Å². The Morgan fingerprint density at radius 2 is 2.25 bits per heavy atom. The van der Waals surface area contributed by atoms with Gasteiger partial charge in [0.15, 0.2) is 0 Å². The topological polar surface area (TPSA) is 108 Å². The maximum absolute atomic E-state index is 12.6. The summed E-state index contributed by atoms with van der Waals surface area (Å²) in [4.78, 5) is 23.1. The summed E-state index contributed by atoms with van der Waals surface area (Å²) >= 11 is 3.03. The van der Waals surface area contributed by atoms with Crippen LogP contribution in [0.2, 0.25) is 0 Å². The van der Waals surface area contributed by atoms with Crippen LogP contribution >= 0.6 is 22.7 Å². The zero-order chi connectivity index (χ0) is 24.5. The number of amides is 1. The van der Waals surface area contributed by atoms with Crippen LogP contribution in [0.3, 0.4) is 0 Å². The lowest BCUT2D eigenvalue weighted by molar-refractivity contribution is 0.0952. The first-order chi connectivity index (χ1) is 17.6. The van der Waals surface area contributed by atoms with Crippen molar-refractivity contribution in [3.63, 3.8) is 0 Å². The van der Waals surface area contributed by atoms with Gasteiger partial charge in [0, 0.05) is 36.1 Å². The van der Waals surface area contributed by atoms with Crippen LogP contribution in [0.15, 0.2) is 53.6 Å². The second-order valence-electron chi connectivity index (χ2n) is 8.33. The van der Waals surface area contributed by atoms with Gasteiger partial charge in [-0.15, -0.1) is 22.7 Å². The van der Waals surface area contributed by atoms with E-state index in [2.05, 4.69) is 15.7 Å². The van der Waals surface area contributed by atoms with Crippen molar-refractivity contribution in [2.45, 2.75) is 19.1 Å². The monoisotopic (exact) mass is 521 g/mol. The lowest BCUT2D eigenvalue weighted by Gasteiger charge is -2.14. The number of carbonyl (C=O) groups is 1. The van der Waals surface area contributed by atoms with Crippen LogP contribution in [0, 0.1) is 0 Å². The van der Waals surface area contributed by atoms with Crippen molar-refractivity contribution >= 4 is 50.6 Å². The predicted octanol–water partition coefficient (Wildman–Crippen LogP) is 4.12. The number of hydrogen-bond acceptors (Lipinski definition) is 9. The Hall–Kier alpha value is -3.74. The van der Waals surface area contributed by atoms with E-state index in [-0.39, 0.29) is 12.0 Å². The maximum atomic E-state index is 12.6. The third-order valence-corrected chi connectivity index (χ3v) is 7.46. The Balaban J connectivity index is 1.26. The molecule has 0 unspecified atom stereocenters. The van der Waals surface area contributed by atoms with Crippen molar-refractivity contribution in [3.05, 3.63) is 64.1 Å². The molecule has 6 heterocycles. The molecule has 184 valence electrons. The molecule has 36 heavy (non-hydrogen) atoms. The van der Waals surface area contributed by atoms with Gasteiger partial charge >= 0.3 is 0 Å². The Morgan fingerprint density at radius 3 is 3.03 bits per heavy atom. The highest BCUT2D eigenvalue weighted by atomic mass is 32.1. The van der Waals surface area contributed by atoms with Gasteiger partial charge in [0.25, 0.3) is 5.91 Å². The highest BCUT2D eigenvalue weighted by molar-refractivity contribution is 7.14. The van der Waals surface area contributed by atoms with Crippen LogP contribution in [-0.4, -0.2) is 49.5 Å². The minimum absolute atomic E-state index is 0.0754. The molecule has 10 nitrogen and oxygen atoms in total. The summed E-state index contributed by atoms with van der Waals surface area (Å²) in [5.41, 5.74) is 2.97. The first-order valence-corrected chi connectivity index (χ1v) is 13.2. The van der Waals surface area contributed by atoms with Crippen molar-refractivity contribution in [3.8, 4) is 11.6 Å². The average Bonchev–Trinajstić information content (AvgIpc) is 3.69. The quantitative estimate of drug-likeness (QED) is 0.316. The van der Waals surface area contributed by atoms with E-state index in [9.17, 15) is 4.79 Å². The standard InChI is InChI=1S/C24H23N7O3S2/c1-30-12-16(10-26-30)31-6-4-19-21(31)23(34-17-5-7-33-13-17)29-24(27-19)28-20-9-15(14-36-20)22(32)25-11-18-3-2-8-35-18/h2-4,6,8-10,12,14,17H,5,7,11,13H2,1H3,(H,25,32)(H,27,28,29)/t17-/m1/s1. The van der Waals surface area contributed by atoms with Gasteiger partial charge in [-0.2, -0.15) is 10.1 Å². The van der Waals surface area contributed by atoms with E-state index < -0.39 is 0 Å². The van der Waals surface area contributed by atoms with E-state index >= 15 is 0 Å². The van der Waals surface area contributed by atoms with E-state index in [1.807, 2.05) is 53.0 Å². The number of hydrogen-bond donors (Lipinski definition) is 2. The molecule has 2 N–H and O–H groups in total. The molecule has 0 bridgehead atoms. The number of fused-ring (bicyclic) bond motifs is 1. The van der Waals surface area contributed by atoms with Gasteiger partial charge in [-0.25, -0.2) is 4.98 Å². The van der Waals surface area contributed by atoms with Crippen LogP contribution < -0.4 is 15.4 Å². The zero-order valence-corrected chi connectivity index (χ0v) is 21.0. The summed E-state index contributed by atoms with van der Waals surface area (Å²) in [6, 6.07) is 7.69. The average molecular weight is 522 g/mol. The summed E-state index contributed by atoms with van der Waals surface area (Å²) < 4.78 is 15.5. The van der Waals surface area contributed by atoms with Crippen LogP contribution in [0.4, 0.5) is 10.9 Å². The number of carbonyl (C=O) groups excluding carboxylic acids is 1. The summed E-state index contributed by atoms with van der Waals surface area (Å²) in [6.07, 6.45) is 6.36. The maximum Gasteiger partial charge on any atom is 0.252 e. The lowest BCUT2D eigenvalue weighted by atomic mass is 10.3. The molecule has 0 radical (unpaired) electrons. The number of thiophene rings is 2. The van der Waals surface area contributed by atoms with Crippen molar-refractivity contribution < 1.29 is 14.3 Å². The fourth-order valence-electron chi connectivity index (χ4n) is 3.98. The van der Waals surface area contributed by atoms with Gasteiger partial charge in [0.05, 0.1) is 47.7 Å². The number of nitrogens with zero attached hydrogens (tertiary/aromatic N) is 5. The Labute approximate surface area is 214 Å². The van der Waals surface area contributed by atoms with E-state index in [1.165, 1.54) is 11.3 Å². The van der Waals surface area contributed by atoms with Crippen LogP contribution in [0.5, 0.6) is 5.88 Å². The summed E-state index contributed by atoms with van der Waals surface area (Å²) in [5.74, 6) is 0.743. The van der Waals surface area contributed by atoms with Crippen LogP contribution in [-0.2, 0) is 18.3 Å². The molecular formula is C24H23N7O3S2. The third kappa shape index (κ3) is 4.70. The molecule has 1 fully saturated rings. The largest absolute Gasteiger partial charge is 0.470 e. The Bertz CT molecular complexity index is 1500. The van der Waals surface area contributed by atoms with E-state index in [4.69, 9.17) is 19.4 Å². The first kappa shape index (κ1) is 22.7. The fourth-order valence-corrected chi connectivity index (χ4v) is 5.40. The van der Waals surface area contributed by atoms with Gasteiger partial charge in [-0.05, 0) is 23.6 Å². The highest BCUT2D eigenvalue weighted by Crippen LogP contribution is 2.31. The summed E-state index contributed by atoms with van der Waals surface area (Å²) in [5, 5.41) is 15.0. The van der Waals surface area contributed by atoms with Crippen molar-refractivity contribution in [1.29, 1.82) is 0 Å². The van der Waals surface area contributed by atoms with Gasteiger partial charge in [-0.3, -0.25) is 9.48 Å². The molecule has 6 rings (SSSR count). The summed E-state index contributed by atoms with van der Waals surface area (Å²) in [7, 11) is 1.87. The fraction of sp³-hybridized carbons (Fsp3) is 0.250. The molecule has 0 aliphatic carbocycles. The molecular weight excluding hydrogens is 498 g/mol. The number of anilines is 2. The van der Waals surface area contributed by atoms with Gasteiger partial charge in [0.1, 0.15) is 11.6 Å². The van der Waals surface area contributed by atoms with E-state index in [1.54, 1.807) is 28.3 Å². The lowest BCUT2D eigenvalue weighted by Crippen LogP contribution is -2.21. The number of ether oxygens (including phenoxy) is 2. The Morgan fingerprint density at radius 1 is 1.31 bits per heavy atom. The van der Waals surface area contributed by atoms with Crippen LogP contribution in [0.1, 0.15) is 21.7 Å². The van der Waals surface area contributed by atoms with Crippen molar-refractivity contribution in [2.75, 3.05) is 18.5 Å². The van der Waals surface area contributed by atoms with Gasteiger partial charge < -0.3 is 24.7 Å². The normalized spacial score (nSPS) is 15.4. The molecule has 0 spiro atoms. The SMILES string of the molecule is Cn1cc(-n2ccc3nc(Nc4cc(C(=O)NCc5cccs5)cs4)nc(O[C@@H]4CCOC4)c32)cn1. The Kier molecular flexibility index (Phi) is 6.13. The van der Waals surface area contributed by atoms with Gasteiger partial charge in [-0.1, -0.05) is 6.07 Å². The number of rotatable bonds is 8. The molecule has 5 aromatic heterocycles. The summed E-state index contributed by atoms with van der Waals surface area (Å²) in [6.45, 7) is 1.70. The minimum Gasteiger partial charge on any atom is -0.470 e. The molecule has 1 atom stereocenters. The van der Waals surface area contributed by atoms with Crippen LogP contribution in [0.25, 0.3) is 16.7 Å². The third-order valence-electron chi connectivity index (χ3n) is 5.74.